The third-order valence-electron chi connectivity index (χ3n) is 7.65. The van der Waals surface area contributed by atoms with Crippen LogP contribution in [-0.2, 0) is 6.42 Å². The number of nitrogens with one attached hydrogen (secondary N) is 2. The smallest absolute Gasteiger partial charge is 0.330 e. The lowest BCUT2D eigenvalue weighted by atomic mass is 9.87. The van der Waals surface area contributed by atoms with Crippen molar-refractivity contribution in [2.24, 2.45) is 5.73 Å². The lowest BCUT2D eigenvalue weighted by Gasteiger charge is -2.19. The average molecular weight is 612 g/mol. The second kappa shape index (κ2) is 13.6. The Kier molecular flexibility index (Phi) is 9.67. The number of alkyl halides is 1. The van der Waals surface area contributed by atoms with Crippen LogP contribution >= 0.6 is 23.2 Å². The molecule has 1 heterocycles. The second-order valence-corrected chi connectivity index (χ2v) is 11.4. The van der Waals surface area contributed by atoms with E-state index in [0.717, 1.165) is 84.5 Å². The Morgan fingerprint density at radius 3 is 2.52 bits per heavy atom. The highest BCUT2D eigenvalue weighted by Crippen LogP contribution is 2.42. The maximum atomic E-state index is 12.6. The minimum Gasteiger partial charge on any atom is -0.489 e. The summed E-state index contributed by atoms with van der Waals surface area (Å²) in [7, 11) is 0. The molecule has 0 spiro atoms. The quantitative estimate of drug-likeness (QED) is 0.257. The third-order valence-corrected chi connectivity index (χ3v) is 8.20. The van der Waals surface area contributed by atoms with Crippen molar-refractivity contribution in [3.05, 3.63) is 98.5 Å². The van der Waals surface area contributed by atoms with Gasteiger partial charge in [-0.2, -0.15) is 0 Å². The summed E-state index contributed by atoms with van der Waals surface area (Å²) in [5.74, 6) is 0.328. The van der Waals surface area contributed by atoms with E-state index in [2.05, 4.69) is 27.9 Å². The Morgan fingerprint density at radius 1 is 1.00 bits per heavy atom. The molecule has 10 heteroatoms. The molecule has 220 valence electrons. The number of aryl methyl sites for hydroxylation is 1. The Balaban J connectivity index is 1.49. The van der Waals surface area contributed by atoms with Crippen molar-refractivity contribution in [2.75, 3.05) is 26.3 Å². The number of amides is 3. The molecule has 5 rings (SSSR count). The number of ether oxygens (including phenoxy) is 1. The Hall–Kier alpha value is -3.59. The Morgan fingerprint density at radius 2 is 1.79 bits per heavy atom. The van der Waals surface area contributed by atoms with Crippen molar-refractivity contribution < 1.29 is 18.7 Å². The standard InChI is InChI=1S/C32H33Cl2FN4O3/c33-23-8-12-27(29(34)18-23)28-4-1-3-21-17-22(31(40)37-38-32(36)41)7-11-26(21)30(28)20-5-9-24(10-6-20)42-25-13-16-39(19-25)15-2-14-35/h5-12,17-18,25H,1-4,13-16,19H2,(H,37,40)(H3,36,38,41)/t25-/m0/s1. The third kappa shape index (κ3) is 7.06. The number of rotatable bonds is 8. The number of primary amides is 1. The zero-order valence-corrected chi connectivity index (χ0v) is 24.6. The fourth-order valence-electron chi connectivity index (χ4n) is 5.73. The fourth-order valence-corrected chi connectivity index (χ4v) is 6.25. The van der Waals surface area contributed by atoms with E-state index in [4.69, 9.17) is 33.7 Å². The van der Waals surface area contributed by atoms with Crippen LogP contribution in [-0.4, -0.2) is 49.3 Å². The zero-order valence-electron chi connectivity index (χ0n) is 23.1. The van der Waals surface area contributed by atoms with Gasteiger partial charge in [0.1, 0.15) is 11.9 Å². The lowest BCUT2D eigenvalue weighted by molar-refractivity contribution is 0.0937. The highest BCUT2D eigenvalue weighted by molar-refractivity contribution is 6.36. The number of carbonyl (C=O) groups excluding carboxylic acids is 2. The van der Waals surface area contributed by atoms with E-state index in [-0.39, 0.29) is 12.8 Å². The molecule has 0 unspecified atom stereocenters. The van der Waals surface area contributed by atoms with Crippen LogP contribution in [0.5, 0.6) is 5.75 Å². The number of hydrogen-bond donors (Lipinski definition) is 3. The summed E-state index contributed by atoms with van der Waals surface area (Å²) in [6, 6.07) is 18.3. The van der Waals surface area contributed by atoms with E-state index in [9.17, 15) is 14.0 Å². The average Bonchev–Trinajstić information content (AvgIpc) is 3.33. The molecule has 1 atom stereocenters. The number of likely N-dealkylation sites (tertiary alicyclic amines) is 1. The molecule has 7 nitrogen and oxygen atoms in total. The van der Waals surface area contributed by atoms with Crippen molar-refractivity contribution in [1.29, 1.82) is 0 Å². The van der Waals surface area contributed by atoms with Crippen LogP contribution in [0.1, 0.15) is 58.3 Å². The molecule has 0 aromatic heterocycles. The van der Waals surface area contributed by atoms with Gasteiger partial charge in [-0.05, 0) is 102 Å². The summed E-state index contributed by atoms with van der Waals surface area (Å²) in [6.45, 7) is 2.16. The van der Waals surface area contributed by atoms with Crippen molar-refractivity contribution in [3.63, 3.8) is 0 Å². The molecule has 0 radical (unpaired) electrons. The molecular formula is C32H33Cl2FN4O3. The van der Waals surface area contributed by atoms with Crippen LogP contribution in [0.25, 0.3) is 11.1 Å². The summed E-state index contributed by atoms with van der Waals surface area (Å²) in [6.07, 6.45) is 3.90. The predicted octanol–water partition coefficient (Wildman–Crippen LogP) is 6.41. The molecule has 2 aliphatic rings. The minimum absolute atomic E-state index is 0.0744. The van der Waals surface area contributed by atoms with E-state index in [1.54, 1.807) is 12.1 Å². The second-order valence-electron chi connectivity index (χ2n) is 10.5. The van der Waals surface area contributed by atoms with Crippen LogP contribution in [0.2, 0.25) is 10.0 Å². The summed E-state index contributed by atoms with van der Waals surface area (Å²) in [4.78, 5) is 25.9. The number of fused-ring (bicyclic) bond motifs is 1. The van der Waals surface area contributed by atoms with Gasteiger partial charge in [-0.1, -0.05) is 47.5 Å². The first-order chi connectivity index (χ1) is 20.3. The van der Waals surface area contributed by atoms with Gasteiger partial charge >= 0.3 is 6.03 Å². The highest BCUT2D eigenvalue weighted by atomic mass is 35.5. The molecule has 4 N–H and O–H groups in total. The SMILES string of the molecule is NC(=O)NNC(=O)c1ccc2c(c1)CCCC(c1ccc(Cl)cc1Cl)=C2c1ccc(O[C@H]2CCN(CCCF)C2)cc1. The largest absolute Gasteiger partial charge is 0.489 e. The lowest BCUT2D eigenvalue weighted by Crippen LogP contribution is -2.44. The van der Waals surface area contributed by atoms with Crippen molar-refractivity contribution in [1.82, 2.24) is 15.8 Å². The van der Waals surface area contributed by atoms with E-state index >= 15 is 0 Å². The van der Waals surface area contributed by atoms with E-state index < -0.39 is 11.9 Å². The number of carbonyl (C=O) groups is 2. The van der Waals surface area contributed by atoms with Gasteiger partial charge in [-0.3, -0.25) is 19.5 Å². The van der Waals surface area contributed by atoms with Gasteiger partial charge in [-0.15, -0.1) is 0 Å². The predicted molar refractivity (Wildman–Crippen MR) is 164 cm³/mol. The van der Waals surface area contributed by atoms with Crippen molar-refractivity contribution in [3.8, 4) is 5.75 Å². The van der Waals surface area contributed by atoms with E-state index in [0.29, 0.717) is 22.0 Å². The van der Waals surface area contributed by atoms with Crippen LogP contribution in [0.15, 0.2) is 60.7 Å². The van der Waals surface area contributed by atoms with Crippen molar-refractivity contribution >= 4 is 46.3 Å². The van der Waals surface area contributed by atoms with Crippen molar-refractivity contribution in [2.45, 2.75) is 38.2 Å². The molecule has 3 amide bonds. The van der Waals surface area contributed by atoms with Gasteiger partial charge in [0, 0.05) is 35.2 Å². The molecule has 3 aromatic rings. The van der Waals surface area contributed by atoms with Gasteiger partial charge in [0.25, 0.3) is 5.91 Å². The summed E-state index contributed by atoms with van der Waals surface area (Å²) < 4.78 is 18.9. The van der Waals surface area contributed by atoms with Gasteiger partial charge < -0.3 is 10.5 Å². The first-order valence-electron chi connectivity index (χ1n) is 14.1. The van der Waals surface area contributed by atoms with Gasteiger partial charge in [0.05, 0.1) is 6.67 Å². The molecule has 3 aromatic carbocycles. The molecule has 0 bridgehead atoms. The molecule has 1 fully saturated rings. The number of hydrogen-bond acceptors (Lipinski definition) is 4. The van der Waals surface area contributed by atoms with Crippen LogP contribution < -0.4 is 21.3 Å². The molecule has 0 saturated carbocycles. The number of halogens is 3. The van der Waals surface area contributed by atoms with Gasteiger partial charge in [0.2, 0.25) is 0 Å². The molecular weight excluding hydrogens is 578 g/mol. The summed E-state index contributed by atoms with van der Waals surface area (Å²) in [5.41, 5.74) is 16.0. The Bertz CT molecular complexity index is 1500. The highest BCUT2D eigenvalue weighted by Gasteiger charge is 2.25. The Labute approximate surface area is 254 Å². The summed E-state index contributed by atoms with van der Waals surface area (Å²) in [5, 5.41) is 1.14. The van der Waals surface area contributed by atoms with E-state index in [1.165, 1.54) is 0 Å². The maximum absolute atomic E-state index is 12.6. The number of nitrogens with two attached hydrogens (primary N) is 1. The number of benzene rings is 3. The number of hydrazine groups is 1. The van der Waals surface area contributed by atoms with Gasteiger partial charge in [-0.25, -0.2) is 10.2 Å². The number of urea groups is 1. The molecule has 1 saturated heterocycles. The number of nitrogens with zero attached hydrogens (tertiary/aromatic N) is 1. The fraction of sp³-hybridized carbons (Fsp3) is 0.312. The zero-order chi connectivity index (χ0) is 29.6. The molecule has 1 aliphatic carbocycles. The first-order valence-corrected chi connectivity index (χ1v) is 14.8. The van der Waals surface area contributed by atoms with Crippen LogP contribution in [0.3, 0.4) is 0 Å². The van der Waals surface area contributed by atoms with E-state index in [1.807, 2.05) is 36.4 Å². The molecule has 42 heavy (non-hydrogen) atoms. The minimum atomic E-state index is -0.845. The molecule has 1 aliphatic heterocycles. The van der Waals surface area contributed by atoms with Crippen LogP contribution in [0.4, 0.5) is 9.18 Å². The maximum Gasteiger partial charge on any atom is 0.330 e. The monoisotopic (exact) mass is 610 g/mol. The number of allylic oxidation sites excluding steroid dienone is 1. The van der Waals surface area contributed by atoms with Crippen LogP contribution in [0, 0.1) is 0 Å². The topological polar surface area (TPSA) is 96.7 Å². The van der Waals surface area contributed by atoms with Gasteiger partial charge in [0.15, 0.2) is 0 Å². The first kappa shape index (κ1) is 29.9. The summed E-state index contributed by atoms with van der Waals surface area (Å²) >= 11 is 13.0. The normalized spacial score (nSPS) is 17.0.